The minimum Gasteiger partial charge on any atom is -0.382 e. The molecular weight excluding hydrogens is 360 g/mol. The van der Waals surface area contributed by atoms with E-state index in [4.69, 9.17) is 9.47 Å². The fraction of sp³-hybridized carbons (Fsp3) is 0.650. The van der Waals surface area contributed by atoms with Crippen LogP contribution in [0.15, 0.2) is 29.3 Å². The molecule has 1 aliphatic heterocycles. The van der Waals surface area contributed by atoms with Crippen LogP contribution in [0.5, 0.6) is 0 Å². The number of benzene rings is 1. The monoisotopic (exact) mass is 394 g/mol. The fourth-order valence-corrected chi connectivity index (χ4v) is 3.67. The molecular formula is C20H34N4O2S. The van der Waals surface area contributed by atoms with Gasteiger partial charge in [-0.15, -0.1) is 0 Å². The normalized spacial score (nSPS) is 15.0. The Bertz CT molecular complexity index is 533. The molecule has 7 heteroatoms. The van der Waals surface area contributed by atoms with Crippen LogP contribution in [-0.2, 0) is 16.0 Å². The molecule has 2 rings (SSSR count). The van der Waals surface area contributed by atoms with Gasteiger partial charge in [-0.1, -0.05) is 12.1 Å². The summed E-state index contributed by atoms with van der Waals surface area (Å²) in [6, 6.07) is 8.82. The fourth-order valence-electron chi connectivity index (χ4n) is 2.77. The van der Waals surface area contributed by atoms with Crippen LogP contribution >= 0.6 is 11.8 Å². The average Bonchev–Trinajstić information content (AvgIpc) is 2.72. The summed E-state index contributed by atoms with van der Waals surface area (Å²) in [5.41, 5.74) is 2.55. The number of hydrogen-bond acceptors (Lipinski definition) is 5. The van der Waals surface area contributed by atoms with Crippen molar-refractivity contribution in [2.45, 2.75) is 19.9 Å². The third kappa shape index (κ3) is 8.86. The van der Waals surface area contributed by atoms with Crippen LogP contribution in [0.2, 0.25) is 0 Å². The third-order valence-corrected chi connectivity index (χ3v) is 5.21. The Morgan fingerprint density at radius 3 is 2.59 bits per heavy atom. The Balaban J connectivity index is 1.74. The largest absolute Gasteiger partial charge is 0.382 e. The molecule has 152 valence electrons. The van der Waals surface area contributed by atoms with Crippen LogP contribution in [0, 0.1) is 0 Å². The second-order valence-corrected chi connectivity index (χ2v) is 7.57. The van der Waals surface area contributed by atoms with Crippen molar-refractivity contribution in [3.63, 3.8) is 0 Å². The van der Waals surface area contributed by atoms with E-state index in [1.54, 1.807) is 7.11 Å². The van der Waals surface area contributed by atoms with Gasteiger partial charge in [-0.25, -0.2) is 4.99 Å². The quantitative estimate of drug-likeness (QED) is 0.341. The Kier molecular flexibility index (Phi) is 11.1. The van der Waals surface area contributed by atoms with Crippen LogP contribution in [-0.4, -0.2) is 70.6 Å². The molecule has 6 nitrogen and oxygen atoms in total. The molecule has 2 N–H and O–H groups in total. The van der Waals surface area contributed by atoms with Crippen molar-refractivity contribution >= 4 is 23.4 Å². The first-order chi connectivity index (χ1) is 13.3. The zero-order valence-electron chi connectivity index (χ0n) is 16.7. The van der Waals surface area contributed by atoms with Crippen LogP contribution in [0.4, 0.5) is 5.69 Å². The van der Waals surface area contributed by atoms with Gasteiger partial charge in [0.2, 0.25) is 0 Å². The number of aliphatic imine (C=N–C) groups is 1. The molecule has 0 unspecified atom stereocenters. The van der Waals surface area contributed by atoms with E-state index in [0.29, 0.717) is 19.8 Å². The van der Waals surface area contributed by atoms with E-state index in [1.165, 1.54) is 22.8 Å². The van der Waals surface area contributed by atoms with Gasteiger partial charge in [0, 0.05) is 57.1 Å². The second kappa shape index (κ2) is 13.7. The molecule has 1 aliphatic rings. The summed E-state index contributed by atoms with van der Waals surface area (Å²) < 4.78 is 10.4. The smallest absolute Gasteiger partial charge is 0.191 e. The summed E-state index contributed by atoms with van der Waals surface area (Å²) in [4.78, 5) is 7.15. The number of nitrogens with zero attached hydrogens (tertiary/aromatic N) is 2. The standard InChI is InChI=1S/C20H34N4O2S/c1-3-21-20(22-9-4-12-26-14-13-25-2)23-17-18-5-7-19(8-6-18)24-10-15-27-16-11-24/h5-8H,3-4,9-17H2,1-2H3,(H2,21,22,23). The first-order valence-corrected chi connectivity index (χ1v) is 11.0. The predicted octanol–water partition coefficient (Wildman–Crippen LogP) is 2.35. The Morgan fingerprint density at radius 2 is 1.89 bits per heavy atom. The molecule has 1 heterocycles. The van der Waals surface area contributed by atoms with Crippen molar-refractivity contribution < 1.29 is 9.47 Å². The van der Waals surface area contributed by atoms with Gasteiger partial charge < -0.3 is 25.0 Å². The lowest BCUT2D eigenvalue weighted by Gasteiger charge is -2.28. The molecule has 0 aromatic heterocycles. The zero-order valence-corrected chi connectivity index (χ0v) is 17.5. The number of hydrogen-bond donors (Lipinski definition) is 2. The van der Waals surface area contributed by atoms with Crippen molar-refractivity contribution in [3.8, 4) is 0 Å². The van der Waals surface area contributed by atoms with Gasteiger partial charge in [0.25, 0.3) is 0 Å². The summed E-state index contributed by atoms with van der Waals surface area (Å²) in [7, 11) is 1.68. The molecule has 0 saturated carbocycles. The predicted molar refractivity (Wildman–Crippen MR) is 116 cm³/mol. The molecule has 0 bridgehead atoms. The van der Waals surface area contributed by atoms with E-state index in [1.807, 2.05) is 11.8 Å². The van der Waals surface area contributed by atoms with E-state index >= 15 is 0 Å². The SMILES string of the molecule is CCNC(=NCc1ccc(N2CCSCC2)cc1)NCCCOCCOC. The summed E-state index contributed by atoms with van der Waals surface area (Å²) in [5, 5.41) is 6.66. The lowest BCUT2D eigenvalue weighted by atomic mass is 10.2. The molecule has 0 atom stereocenters. The number of ether oxygens (including phenoxy) is 2. The van der Waals surface area contributed by atoms with Crippen LogP contribution < -0.4 is 15.5 Å². The van der Waals surface area contributed by atoms with Crippen molar-refractivity contribution in [1.82, 2.24) is 10.6 Å². The number of thioether (sulfide) groups is 1. The summed E-state index contributed by atoms with van der Waals surface area (Å²) >= 11 is 2.04. The number of anilines is 1. The molecule has 0 aliphatic carbocycles. The van der Waals surface area contributed by atoms with Crippen molar-refractivity contribution in [2.75, 3.05) is 69.5 Å². The maximum absolute atomic E-state index is 5.48. The third-order valence-electron chi connectivity index (χ3n) is 4.27. The number of rotatable bonds is 11. The van der Waals surface area contributed by atoms with Crippen LogP contribution in [0.1, 0.15) is 18.9 Å². The van der Waals surface area contributed by atoms with Crippen LogP contribution in [0.3, 0.4) is 0 Å². The summed E-state index contributed by atoms with van der Waals surface area (Å²) in [6.45, 7) is 8.76. The maximum atomic E-state index is 5.48. The minimum absolute atomic E-state index is 0.646. The lowest BCUT2D eigenvalue weighted by Crippen LogP contribution is -2.38. The number of methoxy groups -OCH3 is 1. The summed E-state index contributed by atoms with van der Waals surface area (Å²) in [6.07, 6.45) is 0.941. The molecule has 0 spiro atoms. The van der Waals surface area contributed by atoms with Gasteiger partial charge >= 0.3 is 0 Å². The van der Waals surface area contributed by atoms with Crippen molar-refractivity contribution in [2.24, 2.45) is 4.99 Å². The van der Waals surface area contributed by atoms with Gasteiger partial charge in [0.15, 0.2) is 5.96 Å². The molecule has 1 aromatic carbocycles. The maximum Gasteiger partial charge on any atom is 0.191 e. The van der Waals surface area contributed by atoms with Gasteiger partial charge in [0.1, 0.15) is 0 Å². The molecule has 27 heavy (non-hydrogen) atoms. The van der Waals surface area contributed by atoms with E-state index < -0.39 is 0 Å². The van der Waals surface area contributed by atoms with E-state index in [0.717, 1.165) is 45.2 Å². The highest BCUT2D eigenvalue weighted by Crippen LogP contribution is 2.20. The van der Waals surface area contributed by atoms with Crippen molar-refractivity contribution in [3.05, 3.63) is 29.8 Å². The lowest BCUT2D eigenvalue weighted by molar-refractivity contribution is 0.0698. The van der Waals surface area contributed by atoms with E-state index in [9.17, 15) is 0 Å². The molecule has 1 saturated heterocycles. The van der Waals surface area contributed by atoms with Gasteiger partial charge in [-0.3, -0.25) is 0 Å². The van der Waals surface area contributed by atoms with Gasteiger partial charge in [-0.05, 0) is 31.0 Å². The molecule has 1 aromatic rings. The highest BCUT2D eigenvalue weighted by molar-refractivity contribution is 7.99. The minimum atomic E-state index is 0.646. The number of guanidine groups is 1. The van der Waals surface area contributed by atoms with E-state index in [-0.39, 0.29) is 0 Å². The second-order valence-electron chi connectivity index (χ2n) is 6.35. The molecule has 0 radical (unpaired) electrons. The van der Waals surface area contributed by atoms with Crippen molar-refractivity contribution in [1.29, 1.82) is 0 Å². The first-order valence-electron chi connectivity index (χ1n) is 9.84. The van der Waals surface area contributed by atoms with Gasteiger partial charge in [0.05, 0.1) is 19.8 Å². The zero-order chi connectivity index (χ0) is 19.2. The topological polar surface area (TPSA) is 58.1 Å². The van der Waals surface area contributed by atoms with Crippen LogP contribution in [0.25, 0.3) is 0 Å². The van der Waals surface area contributed by atoms with E-state index in [2.05, 4.69) is 51.7 Å². The summed E-state index contributed by atoms with van der Waals surface area (Å²) in [5.74, 6) is 3.30. The Morgan fingerprint density at radius 1 is 1.11 bits per heavy atom. The first kappa shape index (κ1) is 21.9. The Hall–Kier alpha value is -1.44. The van der Waals surface area contributed by atoms with Gasteiger partial charge in [-0.2, -0.15) is 11.8 Å². The number of nitrogens with one attached hydrogen (secondary N) is 2. The highest BCUT2D eigenvalue weighted by atomic mass is 32.2. The molecule has 0 amide bonds. The Labute approximate surface area is 168 Å². The average molecular weight is 395 g/mol. The molecule has 1 fully saturated rings. The highest BCUT2D eigenvalue weighted by Gasteiger charge is 2.10.